The molecule has 1 aliphatic heterocycles. The number of nitriles is 2. The second-order valence-electron chi connectivity index (χ2n) is 11.0. The number of aliphatic hydroxyl groups excluding tert-OH is 2. The van der Waals surface area contributed by atoms with Crippen molar-refractivity contribution in [3.05, 3.63) is 108 Å². The second kappa shape index (κ2) is 15.2. The van der Waals surface area contributed by atoms with Crippen molar-refractivity contribution in [2.24, 2.45) is 0 Å². The van der Waals surface area contributed by atoms with Crippen LogP contribution < -0.4 is 9.47 Å². The Balaban J connectivity index is 0.974. The number of ether oxygens (including phenoxy) is 2. The van der Waals surface area contributed by atoms with E-state index in [1.54, 1.807) is 24.3 Å². The van der Waals surface area contributed by atoms with E-state index in [0.29, 0.717) is 35.7 Å². The monoisotopic (exact) mass is 588 g/mol. The van der Waals surface area contributed by atoms with Crippen molar-refractivity contribution in [2.45, 2.75) is 12.2 Å². The minimum atomic E-state index is -0.609. The summed E-state index contributed by atoms with van der Waals surface area (Å²) in [4.78, 5) is 4.44. The lowest BCUT2D eigenvalue weighted by atomic mass is 10.0. The fourth-order valence-corrected chi connectivity index (χ4v) is 5.20. The van der Waals surface area contributed by atoms with E-state index in [0.717, 1.165) is 48.4 Å². The quantitative estimate of drug-likeness (QED) is 0.248. The lowest BCUT2D eigenvalue weighted by Gasteiger charge is -2.36. The Morgan fingerprint density at radius 3 is 1.11 bits per heavy atom. The van der Waals surface area contributed by atoms with Gasteiger partial charge in [-0.05, 0) is 70.8 Å². The number of piperazine rings is 1. The standard InChI is InChI=1S/C36H36N4O4/c37-21-27-1-5-29(6-2-27)31-9-13-35(14-10-31)43-25-33(41)23-39-17-19-40(20-18-39)24-34(42)26-44-36-15-11-32(12-16-36)30-7-3-28(22-38)4-8-30/h1-16,33-34,41-42H,17-20,23-26H2/t33-,34-/m0/s1. The van der Waals surface area contributed by atoms with Crippen molar-refractivity contribution >= 4 is 0 Å². The average Bonchev–Trinajstić information content (AvgIpc) is 3.08. The summed E-state index contributed by atoms with van der Waals surface area (Å²) in [5.74, 6) is 1.40. The van der Waals surface area contributed by atoms with Gasteiger partial charge < -0.3 is 19.7 Å². The lowest BCUT2D eigenvalue weighted by Crippen LogP contribution is -2.51. The molecule has 0 bridgehead atoms. The van der Waals surface area contributed by atoms with E-state index in [4.69, 9.17) is 20.0 Å². The highest BCUT2D eigenvalue weighted by atomic mass is 16.5. The van der Waals surface area contributed by atoms with Crippen LogP contribution in [0, 0.1) is 22.7 Å². The molecule has 1 fully saturated rings. The van der Waals surface area contributed by atoms with Crippen LogP contribution >= 0.6 is 0 Å². The van der Waals surface area contributed by atoms with Crippen LogP contribution in [0.3, 0.4) is 0 Å². The molecule has 0 aliphatic carbocycles. The first-order valence-electron chi connectivity index (χ1n) is 14.8. The summed E-state index contributed by atoms with van der Waals surface area (Å²) >= 11 is 0. The Morgan fingerprint density at radius 1 is 0.523 bits per heavy atom. The predicted molar refractivity (Wildman–Crippen MR) is 169 cm³/mol. The molecule has 2 atom stereocenters. The van der Waals surface area contributed by atoms with Gasteiger partial charge in [-0.25, -0.2) is 0 Å². The van der Waals surface area contributed by atoms with Crippen LogP contribution in [0.1, 0.15) is 11.1 Å². The van der Waals surface area contributed by atoms with Crippen LogP contribution in [-0.4, -0.2) is 84.7 Å². The van der Waals surface area contributed by atoms with Gasteiger partial charge >= 0.3 is 0 Å². The van der Waals surface area contributed by atoms with Gasteiger partial charge in [0.1, 0.15) is 36.9 Å². The second-order valence-corrected chi connectivity index (χ2v) is 11.0. The van der Waals surface area contributed by atoms with E-state index in [-0.39, 0.29) is 13.2 Å². The third-order valence-corrected chi connectivity index (χ3v) is 7.69. The number of hydrogen-bond acceptors (Lipinski definition) is 8. The molecule has 0 amide bonds. The highest BCUT2D eigenvalue weighted by Crippen LogP contribution is 2.24. The van der Waals surface area contributed by atoms with Gasteiger partial charge in [0.05, 0.1) is 23.3 Å². The average molecular weight is 589 g/mol. The summed E-state index contributed by atoms with van der Waals surface area (Å²) < 4.78 is 11.6. The van der Waals surface area contributed by atoms with Crippen LogP contribution in [0.25, 0.3) is 22.3 Å². The molecule has 0 spiro atoms. The van der Waals surface area contributed by atoms with Crippen LogP contribution in [0.5, 0.6) is 11.5 Å². The number of aliphatic hydroxyl groups is 2. The molecule has 1 saturated heterocycles. The van der Waals surface area contributed by atoms with Gasteiger partial charge in [0.15, 0.2) is 0 Å². The van der Waals surface area contributed by atoms with Crippen molar-refractivity contribution in [1.29, 1.82) is 10.5 Å². The first kappa shape index (κ1) is 30.7. The molecule has 0 radical (unpaired) electrons. The van der Waals surface area contributed by atoms with E-state index in [1.165, 1.54) is 0 Å². The zero-order valence-corrected chi connectivity index (χ0v) is 24.5. The predicted octanol–water partition coefficient (Wildman–Crippen LogP) is 4.56. The highest BCUT2D eigenvalue weighted by Gasteiger charge is 2.21. The maximum Gasteiger partial charge on any atom is 0.119 e. The Labute approximate surface area is 258 Å². The fraction of sp³-hybridized carbons (Fsp3) is 0.278. The summed E-state index contributed by atoms with van der Waals surface area (Å²) in [6.07, 6.45) is -1.22. The Morgan fingerprint density at radius 2 is 0.818 bits per heavy atom. The molecule has 0 saturated carbocycles. The summed E-state index contributed by atoms with van der Waals surface area (Å²) in [6, 6.07) is 34.6. The molecule has 8 heteroatoms. The van der Waals surface area contributed by atoms with Gasteiger partial charge in [-0.15, -0.1) is 0 Å². The molecule has 44 heavy (non-hydrogen) atoms. The number of β-amino-alcohol motifs (C(OH)–C–C–N with tert-alkyl or cyclic N) is 2. The summed E-state index contributed by atoms with van der Waals surface area (Å²) in [6.45, 7) is 4.70. The minimum Gasteiger partial charge on any atom is -0.491 e. The van der Waals surface area contributed by atoms with E-state index >= 15 is 0 Å². The molecule has 4 aromatic carbocycles. The molecule has 4 aromatic rings. The summed E-state index contributed by atoms with van der Waals surface area (Å²) in [7, 11) is 0. The molecule has 0 aromatic heterocycles. The van der Waals surface area contributed by atoms with E-state index in [2.05, 4.69) is 21.9 Å². The van der Waals surface area contributed by atoms with Crippen LogP contribution in [0.2, 0.25) is 0 Å². The molecule has 1 heterocycles. The van der Waals surface area contributed by atoms with Crippen molar-refractivity contribution in [3.8, 4) is 45.9 Å². The van der Waals surface area contributed by atoms with Gasteiger partial charge in [0.2, 0.25) is 0 Å². The van der Waals surface area contributed by atoms with Crippen molar-refractivity contribution in [3.63, 3.8) is 0 Å². The first-order valence-corrected chi connectivity index (χ1v) is 14.8. The number of rotatable bonds is 12. The number of nitrogens with zero attached hydrogens (tertiary/aromatic N) is 4. The molecule has 8 nitrogen and oxygen atoms in total. The summed E-state index contributed by atoms with van der Waals surface area (Å²) in [5, 5.41) is 39.1. The van der Waals surface area contributed by atoms with Gasteiger partial charge in [-0.3, -0.25) is 9.80 Å². The molecule has 0 unspecified atom stereocenters. The van der Waals surface area contributed by atoms with Crippen molar-refractivity contribution in [1.82, 2.24) is 9.80 Å². The molecule has 2 N–H and O–H groups in total. The smallest absolute Gasteiger partial charge is 0.119 e. The zero-order valence-electron chi connectivity index (χ0n) is 24.5. The first-order chi connectivity index (χ1) is 21.5. The highest BCUT2D eigenvalue weighted by molar-refractivity contribution is 5.65. The van der Waals surface area contributed by atoms with Crippen LogP contribution in [0.15, 0.2) is 97.1 Å². The van der Waals surface area contributed by atoms with Crippen molar-refractivity contribution < 1.29 is 19.7 Å². The molecule has 1 aliphatic rings. The van der Waals surface area contributed by atoms with E-state index < -0.39 is 12.2 Å². The summed E-state index contributed by atoms with van der Waals surface area (Å²) in [5.41, 5.74) is 5.39. The van der Waals surface area contributed by atoms with Crippen LogP contribution in [-0.2, 0) is 0 Å². The largest absolute Gasteiger partial charge is 0.491 e. The third-order valence-electron chi connectivity index (χ3n) is 7.69. The van der Waals surface area contributed by atoms with Crippen molar-refractivity contribution in [2.75, 3.05) is 52.5 Å². The maximum atomic E-state index is 10.6. The number of benzene rings is 4. The Bertz CT molecular complexity index is 1430. The Hall–Kier alpha value is -4.70. The van der Waals surface area contributed by atoms with Gasteiger partial charge in [-0.1, -0.05) is 48.5 Å². The normalized spacial score (nSPS) is 15.1. The molecule has 5 rings (SSSR count). The molecule has 224 valence electrons. The van der Waals surface area contributed by atoms with E-state index in [1.807, 2.05) is 72.8 Å². The lowest BCUT2D eigenvalue weighted by molar-refractivity contribution is 0.0240. The van der Waals surface area contributed by atoms with Crippen LogP contribution in [0.4, 0.5) is 0 Å². The minimum absolute atomic E-state index is 0.209. The number of hydrogen-bond donors (Lipinski definition) is 2. The maximum absolute atomic E-state index is 10.6. The van der Waals surface area contributed by atoms with E-state index in [9.17, 15) is 10.2 Å². The zero-order chi connectivity index (χ0) is 30.7. The topological polar surface area (TPSA) is 113 Å². The third kappa shape index (κ3) is 8.67. The van der Waals surface area contributed by atoms with Gasteiger partial charge in [-0.2, -0.15) is 10.5 Å². The molecular weight excluding hydrogens is 552 g/mol. The SMILES string of the molecule is N#Cc1ccc(-c2ccc(OC[C@@H](O)CN3CCN(C[C@H](O)COc4ccc(-c5ccc(C#N)cc5)cc4)CC3)cc2)cc1. The van der Waals surface area contributed by atoms with Gasteiger partial charge in [0.25, 0.3) is 0 Å². The van der Waals surface area contributed by atoms with Gasteiger partial charge in [0, 0.05) is 39.3 Å². The fourth-order valence-electron chi connectivity index (χ4n) is 5.20. The Kier molecular flexibility index (Phi) is 10.6. The molecular formula is C36H36N4O4.